The zero-order valence-corrected chi connectivity index (χ0v) is 16.9. The molecule has 0 aliphatic carbocycles. The Kier molecular flexibility index (Phi) is 6.79. The molecule has 2 fully saturated rings. The number of hydrogen-bond donors (Lipinski definition) is 0. The summed E-state index contributed by atoms with van der Waals surface area (Å²) in [6, 6.07) is 10.2. The molecule has 1 aromatic heterocycles. The topological polar surface area (TPSA) is 59.8 Å². The summed E-state index contributed by atoms with van der Waals surface area (Å²) in [4.78, 5) is 16.9. The van der Waals surface area contributed by atoms with E-state index in [9.17, 15) is 4.79 Å². The second-order valence-corrected chi connectivity index (χ2v) is 7.90. The lowest BCUT2D eigenvalue weighted by atomic mass is 9.99. The molecule has 2 aliphatic heterocycles. The summed E-state index contributed by atoms with van der Waals surface area (Å²) in [6.07, 6.45) is 5.65. The molecular weight excluding hydrogens is 368 g/mol. The van der Waals surface area contributed by atoms with Crippen LogP contribution in [0.5, 0.6) is 5.75 Å². The van der Waals surface area contributed by atoms with E-state index in [1.807, 2.05) is 17.2 Å². The first kappa shape index (κ1) is 19.9. The van der Waals surface area contributed by atoms with Crippen LogP contribution in [0.3, 0.4) is 0 Å². The van der Waals surface area contributed by atoms with Crippen molar-refractivity contribution in [3.05, 3.63) is 48.3 Å². The molecule has 0 saturated carbocycles. The van der Waals surface area contributed by atoms with Gasteiger partial charge in [-0.15, -0.1) is 0 Å². The van der Waals surface area contributed by atoms with Gasteiger partial charge in [0.15, 0.2) is 0 Å². The van der Waals surface area contributed by atoms with Gasteiger partial charge in [0.05, 0.1) is 19.8 Å². The number of nitrogens with zero attached hydrogens (tertiary/aromatic N) is 4. The fraction of sp³-hybridized carbons (Fsp3) is 0.545. The molecule has 2 aliphatic rings. The molecule has 7 nitrogen and oxygen atoms in total. The summed E-state index contributed by atoms with van der Waals surface area (Å²) >= 11 is 0. The van der Waals surface area contributed by atoms with Crippen LogP contribution in [0.25, 0.3) is 0 Å². The Labute approximate surface area is 172 Å². The molecule has 2 aromatic rings. The largest absolute Gasteiger partial charge is 0.493 e. The number of likely N-dealkylation sites (tertiary alicyclic amines) is 1. The zero-order valence-electron chi connectivity index (χ0n) is 16.9. The van der Waals surface area contributed by atoms with E-state index in [-0.39, 0.29) is 5.91 Å². The van der Waals surface area contributed by atoms with Crippen LogP contribution in [0.4, 0.5) is 0 Å². The minimum absolute atomic E-state index is 0.130. The lowest BCUT2D eigenvalue weighted by Crippen LogP contribution is -2.43. The van der Waals surface area contributed by atoms with Crippen molar-refractivity contribution >= 4 is 5.91 Å². The van der Waals surface area contributed by atoms with E-state index in [4.69, 9.17) is 9.47 Å². The molecule has 156 valence electrons. The first-order chi connectivity index (χ1) is 14.3. The van der Waals surface area contributed by atoms with E-state index in [1.54, 1.807) is 10.9 Å². The molecule has 0 N–H and O–H groups in total. The number of carbonyl (C=O) groups excluding carboxylic acids is 1. The van der Waals surface area contributed by atoms with E-state index in [0.29, 0.717) is 19.1 Å². The van der Waals surface area contributed by atoms with Crippen LogP contribution in [0.1, 0.15) is 18.4 Å². The highest BCUT2D eigenvalue weighted by Crippen LogP contribution is 2.20. The Hall–Kier alpha value is -2.38. The number of hydrogen-bond acceptors (Lipinski definition) is 5. The van der Waals surface area contributed by atoms with Crippen LogP contribution < -0.4 is 4.74 Å². The predicted octanol–water partition coefficient (Wildman–Crippen LogP) is 2.03. The summed E-state index contributed by atoms with van der Waals surface area (Å²) in [7, 11) is 0. The molecule has 1 aromatic carbocycles. The van der Waals surface area contributed by atoms with Gasteiger partial charge >= 0.3 is 0 Å². The van der Waals surface area contributed by atoms with Gasteiger partial charge in [-0.2, -0.15) is 5.10 Å². The maximum Gasteiger partial charge on any atom is 0.244 e. The summed E-state index contributed by atoms with van der Waals surface area (Å²) in [5, 5.41) is 4.13. The fourth-order valence-corrected chi connectivity index (χ4v) is 3.98. The number of morpholine rings is 1. The minimum atomic E-state index is 0.130. The number of amides is 1. The van der Waals surface area contributed by atoms with Crippen molar-refractivity contribution in [3.8, 4) is 5.75 Å². The number of piperidine rings is 1. The summed E-state index contributed by atoms with van der Waals surface area (Å²) in [6.45, 7) is 7.14. The van der Waals surface area contributed by atoms with Gasteiger partial charge in [0.25, 0.3) is 0 Å². The van der Waals surface area contributed by atoms with E-state index < -0.39 is 0 Å². The van der Waals surface area contributed by atoms with Gasteiger partial charge in [-0.1, -0.05) is 12.1 Å². The van der Waals surface area contributed by atoms with E-state index in [0.717, 1.165) is 64.5 Å². The molecule has 3 heterocycles. The molecule has 2 saturated heterocycles. The SMILES string of the molecule is O=C(Cn1cccn1)N1CCCC(COc2ccc(CN3CCOCC3)cc2)C1. The molecule has 29 heavy (non-hydrogen) atoms. The standard InChI is InChI=1S/C22H30N4O3/c27-22(17-26-10-2-8-23-26)25-9-1-3-20(16-25)18-29-21-6-4-19(5-7-21)15-24-11-13-28-14-12-24/h2,4-8,10,20H,1,3,9,11-18H2. The smallest absolute Gasteiger partial charge is 0.244 e. The first-order valence-electron chi connectivity index (χ1n) is 10.5. The highest BCUT2D eigenvalue weighted by molar-refractivity contribution is 5.76. The van der Waals surface area contributed by atoms with Crippen molar-refractivity contribution in [1.29, 1.82) is 0 Å². The van der Waals surface area contributed by atoms with E-state index >= 15 is 0 Å². The van der Waals surface area contributed by atoms with E-state index in [2.05, 4.69) is 34.3 Å². The Morgan fingerprint density at radius 1 is 1.17 bits per heavy atom. The second kappa shape index (κ2) is 9.89. The van der Waals surface area contributed by atoms with Crippen molar-refractivity contribution in [2.24, 2.45) is 5.92 Å². The third-order valence-corrected chi connectivity index (χ3v) is 5.65. The third kappa shape index (κ3) is 5.81. The average molecular weight is 399 g/mol. The third-order valence-electron chi connectivity index (χ3n) is 5.65. The molecule has 0 spiro atoms. The molecule has 0 bridgehead atoms. The maximum atomic E-state index is 12.5. The molecule has 0 radical (unpaired) electrons. The van der Waals surface area contributed by atoms with Crippen molar-refractivity contribution < 1.29 is 14.3 Å². The van der Waals surface area contributed by atoms with Crippen LogP contribution in [-0.2, 0) is 22.6 Å². The number of benzene rings is 1. The number of aromatic nitrogens is 2. The van der Waals surface area contributed by atoms with Gasteiger partial charge in [-0.25, -0.2) is 0 Å². The van der Waals surface area contributed by atoms with Gasteiger partial charge in [-0.05, 0) is 36.6 Å². The number of ether oxygens (including phenoxy) is 2. The Bertz CT molecular complexity index is 757. The van der Waals surface area contributed by atoms with Crippen molar-refractivity contribution in [3.63, 3.8) is 0 Å². The van der Waals surface area contributed by atoms with Gasteiger partial charge in [0.1, 0.15) is 12.3 Å². The lowest BCUT2D eigenvalue weighted by molar-refractivity contribution is -0.134. The Balaban J connectivity index is 1.22. The van der Waals surface area contributed by atoms with Crippen LogP contribution in [0.15, 0.2) is 42.7 Å². The van der Waals surface area contributed by atoms with E-state index in [1.165, 1.54) is 5.56 Å². The maximum absolute atomic E-state index is 12.5. The number of rotatable bonds is 7. The average Bonchev–Trinajstić information content (AvgIpc) is 3.27. The molecule has 1 amide bonds. The molecule has 7 heteroatoms. The molecule has 1 atom stereocenters. The minimum Gasteiger partial charge on any atom is -0.493 e. The monoisotopic (exact) mass is 398 g/mol. The van der Waals surface area contributed by atoms with Crippen LogP contribution >= 0.6 is 0 Å². The fourth-order valence-electron chi connectivity index (χ4n) is 3.98. The lowest BCUT2D eigenvalue weighted by Gasteiger charge is -2.32. The van der Waals surface area contributed by atoms with Crippen LogP contribution in [0.2, 0.25) is 0 Å². The predicted molar refractivity (Wildman–Crippen MR) is 110 cm³/mol. The van der Waals surface area contributed by atoms with Crippen LogP contribution in [0, 0.1) is 5.92 Å². The van der Waals surface area contributed by atoms with Gasteiger partial charge in [0.2, 0.25) is 5.91 Å². The highest BCUT2D eigenvalue weighted by atomic mass is 16.5. The second-order valence-electron chi connectivity index (χ2n) is 7.90. The molecule has 4 rings (SSSR count). The molecular formula is C22H30N4O3. The van der Waals surface area contributed by atoms with Gasteiger partial charge < -0.3 is 14.4 Å². The summed E-state index contributed by atoms with van der Waals surface area (Å²) in [5.74, 6) is 1.40. The summed E-state index contributed by atoms with van der Waals surface area (Å²) < 4.78 is 13.1. The highest BCUT2D eigenvalue weighted by Gasteiger charge is 2.24. The van der Waals surface area contributed by atoms with Crippen LogP contribution in [-0.4, -0.2) is 71.5 Å². The normalized spacial score (nSPS) is 20.6. The number of carbonyl (C=O) groups is 1. The van der Waals surface area contributed by atoms with Gasteiger partial charge in [-0.3, -0.25) is 14.4 Å². The Morgan fingerprint density at radius 2 is 2.00 bits per heavy atom. The quantitative estimate of drug-likeness (QED) is 0.714. The molecule has 1 unspecified atom stereocenters. The summed E-state index contributed by atoms with van der Waals surface area (Å²) in [5.41, 5.74) is 1.30. The van der Waals surface area contributed by atoms with Crippen molar-refractivity contribution in [2.75, 3.05) is 46.0 Å². The zero-order chi connectivity index (χ0) is 19.9. The van der Waals surface area contributed by atoms with Crippen molar-refractivity contribution in [2.45, 2.75) is 25.9 Å². The Morgan fingerprint density at radius 3 is 2.76 bits per heavy atom. The van der Waals surface area contributed by atoms with Crippen molar-refractivity contribution in [1.82, 2.24) is 19.6 Å². The first-order valence-corrected chi connectivity index (χ1v) is 10.5. The van der Waals surface area contributed by atoms with Gasteiger partial charge in [0, 0.05) is 51.0 Å².